The number of ether oxygens (including phenoxy) is 2. The van der Waals surface area contributed by atoms with Crippen LogP contribution in [0.2, 0.25) is 0 Å². The van der Waals surface area contributed by atoms with Crippen molar-refractivity contribution in [3.05, 3.63) is 29.8 Å². The first-order chi connectivity index (χ1) is 10.1. The molecule has 0 bridgehead atoms. The maximum absolute atomic E-state index is 7.75. The van der Waals surface area contributed by atoms with E-state index in [1.807, 2.05) is 24.3 Å². The van der Waals surface area contributed by atoms with Crippen LogP contribution in [0.1, 0.15) is 24.8 Å². The predicted octanol–water partition coefficient (Wildman–Crippen LogP) is 1.74. The molecule has 0 aromatic heterocycles. The van der Waals surface area contributed by atoms with Crippen molar-refractivity contribution in [2.45, 2.75) is 30.9 Å². The zero-order chi connectivity index (χ0) is 14.9. The van der Waals surface area contributed by atoms with Crippen molar-refractivity contribution in [2.75, 3.05) is 31.8 Å². The molecule has 3 rings (SSSR count). The normalized spacial score (nSPS) is 28.7. The minimum atomic E-state index is -0.109. The van der Waals surface area contributed by atoms with Crippen LogP contribution in [-0.2, 0) is 9.47 Å². The van der Waals surface area contributed by atoms with Gasteiger partial charge in [-0.05, 0) is 25.0 Å². The van der Waals surface area contributed by atoms with Crippen LogP contribution in [-0.4, -0.2) is 44.3 Å². The van der Waals surface area contributed by atoms with Crippen molar-refractivity contribution in [3.8, 4) is 0 Å². The van der Waals surface area contributed by atoms with Crippen molar-refractivity contribution >= 4 is 11.5 Å². The van der Waals surface area contributed by atoms with E-state index in [1.54, 1.807) is 0 Å². The molecule has 3 N–H and O–H groups in total. The quantitative estimate of drug-likeness (QED) is 0.657. The summed E-state index contributed by atoms with van der Waals surface area (Å²) >= 11 is 0. The van der Waals surface area contributed by atoms with Gasteiger partial charge in [0.05, 0.1) is 12.2 Å². The summed E-state index contributed by atoms with van der Waals surface area (Å²) in [5.41, 5.74) is 7.41. The van der Waals surface area contributed by atoms with Crippen LogP contribution >= 0.6 is 0 Å². The molecule has 114 valence electrons. The number of nitrogens with one attached hydrogen (secondary N) is 1. The molecule has 1 aromatic carbocycles. The van der Waals surface area contributed by atoms with Crippen molar-refractivity contribution in [2.24, 2.45) is 5.73 Å². The van der Waals surface area contributed by atoms with Gasteiger partial charge < -0.3 is 20.1 Å². The minimum absolute atomic E-state index is 0.109. The predicted molar refractivity (Wildman–Crippen MR) is 83.0 cm³/mol. The first-order valence-corrected chi connectivity index (χ1v) is 7.49. The van der Waals surface area contributed by atoms with Gasteiger partial charge in [0.25, 0.3) is 0 Å². The summed E-state index contributed by atoms with van der Waals surface area (Å²) in [5.74, 6) is 0.114. The highest BCUT2D eigenvalue weighted by molar-refractivity contribution is 6.00. The summed E-state index contributed by atoms with van der Waals surface area (Å²) < 4.78 is 11.5. The largest absolute Gasteiger partial charge is 0.384 e. The van der Waals surface area contributed by atoms with Crippen molar-refractivity contribution < 1.29 is 9.47 Å². The van der Waals surface area contributed by atoms with Crippen molar-refractivity contribution in [1.29, 1.82) is 5.41 Å². The van der Waals surface area contributed by atoms with E-state index in [1.165, 1.54) is 0 Å². The van der Waals surface area contributed by atoms with Crippen molar-refractivity contribution in [1.82, 2.24) is 0 Å². The third kappa shape index (κ3) is 2.76. The number of anilines is 1. The maximum atomic E-state index is 7.75. The van der Waals surface area contributed by atoms with Crippen LogP contribution in [0, 0.1) is 5.41 Å². The van der Waals surface area contributed by atoms with Crippen LogP contribution in [0.4, 0.5) is 5.69 Å². The molecule has 5 heteroatoms. The Labute approximate surface area is 125 Å². The molecule has 2 aliphatic heterocycles. The van der Waals surface area contributed by atoms with Gasteiger partial charge in [-0.3, -0.25) is 5.41 Å². The number of nitrogens with zero attached hydrogens (tertiary/aromatic N) is 1. The third-order valence-electron chi connectivity index (χ3n) is 4.66. The molecule has 2 unspecified atom stereocenters. The van der Waals surface area contributed by atoms with E-state index in [4.69, 9.17) is 20.6 Å². The monoisotopic (exact) mass is 289 g/mol. The highest BCUT2D eigenvalue weighted by atomic mass is 16.6. The summed E-state index contributed by atoms with van der Waals surface area (Å²) in [6, 6.07) is 8.24. The van der Waals surface area contributed by atoms with Crippen LogP contribution in [0.3, 0.4) is 0 Å². The lowest BCUT2D eigenvalue weighted by Crippen LogP contribution is -2.48. The zero-order valence-corrected chi connectivity index (χ0v) is 12.5. The number of para-hydroxylation sites is 1. The molecule has 2 atom stereocenters. The fourth-order valence-corrected chi connectivity index (χ4v) is 3.40. The first kappa shape index (κ1) is 14.4. The molecular weight excluding hydrogens is 266 g/mol. The number of benzene rings is 1. The van der Waals surface area contributed by atoms with Gasteiger partial charge in [-0.15, -0.1) is 0 Å². The Morgan fingerprint density at radius 1 is 1.38 bits per heavy atom. The fraction of sp³-hybridized carbons (Fsp3) is 0.562. The molecule has 0 saturated carbocycles. The molecule has 2 heterocycles. The number of amidine groups is 1. The van der Waals surface area contributed by atoms with E-state index >= 15 is 0 Å². The second kappa shape index (κ2) is 5.66. The number of hydrogen-bond donors (Lipinski definition) is 2. The number of nitrogens with two attached hydrogens (primary N) is 1. The molecule has 2 aliphatic rings. The maximum Gasteiger partial charge on any atom is 0.124 e. The average Bonchev–Trinajstić information content (AvgIpc) is 2.94. The van der Waals surface area contributed by atoms with Crippen LogP contribution in [0.5, 0.6) is 0 Å². The zero-order valence-electron chi connectivity index (χ0n) is 12.5. The molecule has 1 aromatic rings. The van der Waals surface area contributed by atoms with Crippen LogP contribution in [0.15, 0.2) is 24.3 Å². The Balaban J connectivity index is 1.81. The van der Waals surface area contributed by atoms with Gasteiger partial charge in [0.15, 0.2) is 0 Å². The molecule has 0 aliphatic carbocycles. The van der Waals surface area contributed by atoms with Gasteiger partial charge in [0.1, 0.15) is 5.84 Å². The molecule has 1 spiro atoms. The van der Waals surface area contributed by atoms with Gasteiger partial charge in [-0.1, -0.05) is 12.1 Å². The summed E-state index contributed by atoms with van der Waals surface area (Å²) in [6.07, 6.45) is 2.94. The van der Waals surface area contributed by atoms with Crippen LogP contribution < -0.4 is 10.6 Å². The number of nitrogen functional groups attached to an aromatic ring is 1. The highest BCUT2D eigenvalue weighted by Gasteiger charge is 2.42. The lowest BCUT2D eigenvalue weighted by molar-refractivity contribution is -0.0855. The summed E-state index contributed by atoms with van der Waals surface area (Å²) in [7, 11) is 2.08. The van der Waals surface area contributed by atoms with E-state index in [2.05, 4.69) is 11.9 Å². The first-order valence-electron chi connectivity index (χ1n) is 7.49. The Kier molecular flexibility index (Phi) is 3.87. The van der Waals surface area contributed by atoms with E-state index < -0.39 is 0 Å². The molecule has 2 saturated heterocycles. The van der Waals surface area contributed by atoms with Gasteiger partial charge in [0, 0.05) is 44.0 Å². The van der Waals surface area contributed by atoms with E-state index in [0.717, 1.165) is 43.7 Å². The average molecular weight is 289 g/mol. The number of hydrogen-bond acceptors (Lipinski definition) is 4. The topological polar surface area (TPSA) is 71.6 Å². The molecule has 0 amide bonds. The summed E-state index contributed by atoms with van der Waals surface area (Å²) in [6.45, 7) is 2.26. The van der Waals surface area contributed by atoms with E-state index in [0.29, 0.717) is 12.6 Å². The lowest BCUT2D eigenvalue weighted by atomic mass is 9.88. The van der Waals surface area contributed by atoms with E-state index in [-0.39, 0.29) is 11.4 Å². The molecule has 5 nitrogen and oxygen atoms in total. The highest BCUT2D eigenvalue weighted by Crippen LogP contribution is 2.36. The molecular formula is C16H23N3O2. The molecule has 21 heavy (non-hydrogen) atoms. The standard InChI is InChI=1S/C16H23N3O2/c1-19(14-5-3-2-4-13(14)15(17)18)12-6-8-21-16(10-12)7-9-20-11-16/h2-5,12H,6-11H2,1H3,(H3,17,18). The Morgan fingerprint density at radius 2 is 2.19 bits per heavy atom. The van der Waals surface area contributed by atoms with Gasteiger partial charge in [-0.2, -0.15) is 0 Å². The fourth-order valence-electron chi connectivity index (χ4n) is 3.40. The Morgan fingerprint density at radius 3 is 2.90 bits per heavy atom. The van der Waals surface area contributed by atoms with Crippen LogP contribution in [0.25, 0.3) is 0 Å². The van der Waals surface area contributed by atoms with Gasteiger partial charge in [0.2, 0.25) is 0 Å². The second-order valence-electron chi connectivity index (χ2n) is 6.02. The van der Waals surface area contributed by atoms with Gasteiger partial charge in [-0.25, -0.2) is 0 Å². The Bertz CT molecular complexity index is 526. The SMILES string of the molecule is CN(c1ccccc1C(=N)N)C1CCOC2(CCOC2)C1. The summed E-state index contributed by atoms with van der Waals surface area (Å²) in [4.78, 5) is 2.25. The minimum Gasteiger partial charge on any atom is -0.384 e. The third-order valence-corrected chi connectivity index (χ3v) is 4.66. The number of rotatable bonds is 3. The second-order valence-corrected chi connectivity index (χ2v) is 6.02. The Hall–Kier alpha value is -1.59. The summed E-state index contributed by atoms with van der Waals surface area (Å²) in [5, 5.41) is 7.75. The van der Waals surface area contributed by atoms with E-state index in [9.17, 15) is 0 Å². The molecule has 2 fully saturated rings. The lowest BCUT2D eigenvalue weighted by Gasteiger charge is -2.42. The molecule has 0 radical (unpaired) electrons. The van der Waals surface area contributed by atoms with Crippen molar-refractivity contribution in [3.63, 3.8) is 0 Å². The smallest absolute Gasteiger partial charge is 0.124 e. The van der Waals surface area contributed by atoms with Gasteiger partial charge >= 0.3 is 0 Å².